The van der Waals surface area contributed by atoms with Gasteiger partial charge in [-0.1, -0.05) is 19.6 Å². The first-order chi connectivity index (χ1) is 20.3. The summed E-state index contributed by atoms with van der Waals surface area (Å²) >= 11 is 0. The molecule has 1 aliphatic heterocycles. The van der Waals surface area contributed by atoms with Gasteiger partial charge in [0.1, 0.15) is 18.1 Å². The minimum absolute atomic E-state index is 0.109. The molecule has 2 amide bonds. The Balaban J connectivity index is 1.45. The van der Waals surface area contributed by atoms with E-state index in [0.29, 0.717) is 32.8 Å². The molecule has 1 aliphatic rings. The van der Waals surface area contributed by atoms with Crippen molar-refractivity contribution in [1.29, 1.82) is 0 Å². The van der Waals surface area contributed by atoms with Crippen molar-refractivity contribution in [3.05, 3.63) is 47.8 Å². The number of hydrogen-bond acceptors (Lipinski definition) is 6. The molecule has 15 heteroatoms. The summed E-state index contributed by atoms with van der Waals surface area (Å²) in [5.41, 5.74) is -1.38. The molecule has 0 radical (unpaired) electrons. The van der Waals surface area contributed by atoms with E-state index in [9.17, 15) is 26.7 Å². The van der Waals surface area contributed by atoms with Crippen LogP contribution in [0.3, 0.4) is 0 Å². The first kappa shape index (κ1) is 32.6. The highest BCUT2D eigenvalue weighted by Gasteiger charge is 2.37. The van der Waals surface area contributed by atoms with Gasteiger partial charge in [-0.3, -0.25) is 4.90 Å². The number of hydrogen-bond donors (Lipinski definition) is 2. The lowest BCUT2D eigenvalue weighted by atomic mass is 10.2. The molecular formula is C28H36F5N5O4Si. The molecule has 3 heterocycles. The average Bonchev–Trinajstić information content (AvgIpc) is 3.31. The van der Waals surface area contributed by atoms with E-state index in [1.165, 1.54) is 10.8 Å². The van der Waals surface area contributed by atoms with Gasteiger partial charge in [0.2, 0.25) is 0 Å². The van der Waals surface area contributed by atoms with Crippen molar-refractivity contribution in [2.45, 2.75) is 45.0 Å². The number of anilines is 1. The predicted octanol–water partition coefficient (Wildman–Crippen LogP) is 6.28. The molecule has 0 saturated carbocycles. The molecule has 2 aromatic heterocycles. The molecule has 2 N–H and O–H groups in total. The summed E-state index contributed by atoms with van der Waals surface area (Å²) in [6, 6.07) is 2.91. The van der Waals surface area contributed by atoms with Crippen molar-refractivity contribution in [3.63, 3.8) is 0 Å². The van der Waals surface area contributed by atoms with E-state index in [2.05, 4.69) is 40.2 Å². The fourth-order valence-corrected chi connectivity index (χ4v) is 5.23. The second-order valence-electron chi connectivity index (χ2n) is 11.4. The zero-order valence-corrected chi connectivity index (χ0v) is 25.3. The lowest BCUT2D eigenvalue weighted by Crippen LogP contribution is -2.38. The van der Waals surface area contributed by atoms with Gasteiger partial charge in [-0.2, -0.15) is 13.2 Å². The van der Waals surface area contributed by atoms with Crippen molar-refractivity contribution in [1.82, 2.24) is 19.8 Å². The van der Waals surface area contributed by atoms with E-state index in [4.69, 9.17) is 14.2 Å². The van der Waals surface area contributed by atoms with Crippen LogP contribution < -0.4 is 15.4 Å². The van der Waals surface area contributed by atoms with Crippen LogP contribution in [0.1, 0.15) is 12.0 Å². The summed E-state index contributed by atoms with van der Waals surface area (Å²) in [5.74, 6) is -3.78. The first-order valence-electron chi connectivity index (χ1n) is 14.0. The lowest BCUT2D eigenvalue weighted by molar-refractivity contribution is -0.136. The molecular weight excluding hydrogens is 593 g/mol. The van der Waals surface area contributed by atoms with Crippen LogP contribution in [-0.2, 0) is 22.4 Å². The van der Waals surface area contributed by atoms with Crippen LogP contribution in [0.15, 0.2) is 30.6 Å². The number of pyridine rings is 1. The third kappa shape index (κ3) is 9.11. The minimum Gasteiger partial charge on any atom is -0.450 e. The zero-order valence-electron chi connectivity index (χ0n) is 24.3. The Hall–Kier alpha value is -3.27. The number of carbonyl (C=O) groups excluding carboxylic acids is 1. The number of amides is 2. The summed E-state index contributed by atoms with van der Waals surface area (Å²) in [6.07, 6.45) is -2.09. The Kier molecular flexibility index (Phi) is 10.6. The number of urea groups is 1. The van der Waals surface area contributed by atoms with Crippen molar-refractivity contribution < 1.29 is 41.0 Å². The normalized spacial score (nSPS) is 14.7. The highest BCUT2D eigenvalue weighted by molar-refractivity contribution is 6.76. The monoisotopic (exact) mass is 629 g/mol. The number of nitrogens with zero attached hydrogens (tertiary/aromatic N) is 3. The fraction of sp³-hybridized carbons (Fsp3) is 0.500. The summed E-state index contributed by atoms with van der Waals surface area (Å²) in [4.78, 5) is 18.5. The quantitative estimate of drug-likeness (QED) is 0.139. The third-order valence-corrected chi connectivity index (χ3v) is 8.46. The molecule has 3 aromatic rings. The van der Waals surface area contributed by atoms with Crippen LogP contribution in [0, 0.1) is 11.6 Å². The van der Waals surface area contributed by atoms with Gasteiger partial charge in [-0.15, -0.1) is 0 Å². The number of nitrogens with one attached hydrogen (secondary N) is 2. The van der Waals surface area contributed by atoms with Gasteiger partial charge in [0.15, 0.2) is 17.4 Å². The maximum absolute atomic E-state index is 15.0. The molecule has 0 unspecified atom stereocenters. The summed E-state index contributed by atoms with van der Waals surface area (Å²) in [5, 5.41) is 4.52. The van der Waals surface area contributed by atoms with Crippen molar-refractivity contribution in [3.8, 4) is 11.5 Å². The average molecular weight is 630 g/mol. The number of morpholine rings is 1. The van der Waals surface area contributed by atoms with Crippen LogP contribution in [0.5, 0.6) is 11.5 Å². The van der Waals surface area contributed by atoms with Gasteiger partial charge in [0.25, 0.3) is 0 Å². The van der Waals surface area contributed by atoms with Gasteiger partial charge >= 0.3 is 12.2 Å². The van der Waals surface area contributed by atoms with E-state index in [1.54, 1.807) is 0 Å². The molecule has 1 fully saturated rings. The van der Waals surface area contributed by atoms with Gasteiger partial charge in [-0.25, -0.2) is 18.6 Å². The standard InChI is InChI=1S/C28H36F5N5O4Si/c1-43(2,3)14-13-41-18-38-17-20(28(31,32)33)24-23(5-7-34-26(24)38)42-25-21(29)15-19(16-22(25)30)36-27(39)35-6-4-8-37-9-11-40-12-10-37/h5,7,15-17H,4,6,8-14,18H2,1-3H3,(H2,35,36,39). The van der Waals surface area contributed by atoms with Gasteiger partial charge in [-0.05, 0) is 25.1 Å². The maximum Gasteiger partial charge on any atom is 0.418 e. The Morgan fingerprint density at radius 3 is 2.49 bits per heavy atom. The van der Waals surface area contributed by atoms with E-state index < -0.39 is 54.4 Å². The van der Waals surface area contributed by atoms with Crippen LogP contribution in [0.25, 0.3) is 11.0 Å². The van der Waals surface area contributed by atoms with Gasteiger partial charge in [0, 0.05) is 64.5 Å². The smallest absolute Gasteiger partial charge is 0.418 e. The molecule has 1 saturated heterocycles. The topological polar surface area (TPSA) is 89.9 Å². The molecule has 0 spiro atoms. The van der Waals surface area contributed by atoms with Crippen molar-refractivity contribution >= 4 is 30.8 Å². The molecule has 0 aliphatic carbocycles. The van der Waals surface area contributed by atoms with Crippen molar-refractivity contribution in [2.24, 2.45) is 0 Å². The maximum atomic E-state index is 15.0. The fourth-order valence-electron chi connectivity index (χ4n) is 4.47. The highest BCUT2D eigenvalue weighted by atomic mass is 28.3. The first-order valence-corrected chi connectivity index (χ1v) is 17.7. The number of fused-ring (bicyclic) bond motifs is 1. The number of carbonyl (C=O) groups is 1. The van der Waals surface area contributed by atoms with Crippen molar-refractivity contribution in [2.75, 3.05) is 51.3 Å². The predicted molar refractivity (Wildman–Crippen MR) is 154 cm³/mol. The molecule has 43 heavy (non-hydrogen) atoms. The van der Waals surface area contributed by atoms with E-state index >= 15 is 0 Å². The van der Waals surface area contributed by atoms with E-state index in [-0.39, 0.29) is 18.1 Å². The third-order valence-electron chi connectivity index (χ3n) is 6.76. The SMILES string of the molecule is C[Si](C)(C)CCOCn1cc(C(F)(F)F)c2c(Oc3c(F)cc(NC(=O)NCCCN4CCOCC4)cc3F)ccnc21. The molecule has 0 atom stereocenters. The lowest BCUT2D eigenvalue weighted by Gasteiger charge is -2.26. The Morgan fingerprint density at radius 1 is 1.14 bits per heavy atom. The minimum atomic E-state index is -4.80. The Bertz CT molecular complexity index is 1380. The molecule has 1 aromatic carbocycles. The van der Waals surface area contributed by atoms with Crippen LogP contribution >= 0.6 is 0 Å². The second kappa shape index (κ2) is 14.0. The zero-order chi connectivity index (χ0) is 31.2. The van der Waals surface area contributed by atoms with Crippen LogP contribution in [-0.4, -0.2) is 74.6 Å². The number of halogens is 5. The van der Waals surface area contributed by atoms with Crippen LogP contribution in [0.2, 0.25) is 25.7 Å². The summed E-state index contributed by atoms with van der Waals surface area (Å²) in [7, 11) is -1.42. The summed E-state index contributed by atoms with van der Waals surface area (Å²) in [6.45, 7) is 10.7. The molecule has 0 bridgehead atoms. The highest BCUT2D eigenvalue weighted by Crippen LogP contribution is 2.42. The van der Waals surface area contributed by atoms with Gasteiger partial charge in [0.05, 0.1) is 24.2 Å². The van der Waals surface area contributed by atoms with E-state index in [1.807, 2.05) is 0 Å². The second-order valence-corrected chi connectivity index (χ2v) is 17.0. The molecule has 236 valence electrons. The summed E-state index contributed by atoms with van der Waals surface area (Å²) < 4.78 is 89.5. The Morgan fingerprint density at radius 2 is 1.84 bits per heavy atom. The van der Waals surface area contributed by atoms with E-state index in [0.717, 1.165) is 50.1 Å². The molecule has 4 rings (SSSR count). The largest absolute Gasteiger partial charge is 0.450 e. The number of benzene rings is 1. The number of rotatable bonds is 12. The number of aromatic nitrogens is 2. The van der Waals surface area contributed by atoms with Crippen LogP contribution in [0.4, 0.5) is 32.4 Å². The number of ether oxygens (including phenoxy) is 3. The van der Waals surface area contributed by atoms with Gasteiger partial charge < -0.3 is 29.4 Å². The Labute approximate surface area is 247 Å². The molecule has 9 nitrogen and oxygen atoms in total. The number of alkyl halides is 3.